The lowest BCUT2D eigenvalue weighted by Crippen LogP contribution is -2.35. The first kappa shape index (κ1) is 14.8. The SMILES string of the molecule is CC(C)CNCC(O)Cn1c(=O)ccc2ccccc21. The van der Waals surface area contributed by atoms with Crippen molar-refractivity contribution in [3.8, 4) is 0 Å². The molecule has 2 rings (SSSR count). The van der Waals surface area contributed by atoms with Crippen LogP contribution in [0.15, 0.2) is 41.2 Å². The number of hydrogen-bond donors (Lipinski definition) is 2. The number of para-hydroxylation sites is 1. The fraction of sp³-hybridized carbons (Fsp3) is 0.438. The molecule has 0 bridgehead atoms. The van der Waals surface area contributed by atoms with Crippen molar-refractivity contribution in [3.05, 3.63) is 46.8 Å². The van der Waals surface area contributed by atoms with Gasteiger partial charge < -0.3 is 15.0 Å². The minimum atomic E-state index is -0.572. The van der Waals surface area contributed by atoms with Gasteiger partial charge in [-0.2, -0.15) is 0 Å². The number of rotatable bonds is 6. The van der Waals surface area contributed by atoms with E-state index in [0.29, 0.717) is 19.0 Å². The molecule has 4 nitrogen and oxygen atoms in total. The molecule has 1 unspecified atom stereocenters. The highest BCUT2D eigenvalue weighted by Gasteiger charge is 2.09. The first-order valence-electron chi connectivity index (χ1n) is 7.05. The zero-order valence-corrected chi connectivity index (χ0v) is 12.0. The van der Waals surface area contributed by atoms with Gasteiger partial charge in [-0.3, -0.25) is 4.79 Å². The van der Waals surface area contributed by atoms with Crippen molar-refractivity contribution in [1.82, 2.24) is 9.88 Å². The summed E-state index contributed by atoms with van der Waals surface area (Å²) in [5.41, 5.74) is 0.787. The average Bonchev–Trinajstić information content (AvgIpc) is 2.41. The standard InChI is InChI=1S/C16H22N2O2/c1-12(2)9-17-10-14(19)11-18-15-6-4-3-5-13(15)7-8-16(18)20/h3-8,12,14,17,19H,9-11H2,1-2H3. The van der Waals surface area contributed by atoms with Crippen LogP contribution < -0.4 is 10.9 Å². The first-order valence-corrected chi connectivity index (χ1v) is 7.05. The van der Waals surface area contributed by atoms with Gasteiger partial charge in [0.1, 0.15) is 0 Å². The molecule has 2 aromatic rings. The van der Waals surface area contributed by atoms with Crippen molar-refractivity contribution in [2.45, 2.75) is 26.5 Å². The highest BCUT2D eigenvalue weighted by molar-refractivity contribution is 5.78. The van der Waals surface area contributed by atoms with Gasteiger partial charge in [-0.05, 0) is 30.0 Å². The van der Waals surface area contributed by atoms with Crippen LogP contribution in [0, 0.1) is 5.92 Å². The van der Waals surface area contributed by atoms with Gasteiger partial charge in [0.15, 0.2) is 0 Å². The van der Waals surface area contributed by atoms with Crippen molar-refractivity contribution in [2.75, 3.05) is 13.1 Å². The molecule has 0 saturated heterocycles. The number of benzene rings is 1. The Hall–Kier alpha value is -1.65. The Labute approximate surface area is 119 Å². The Balaban J connectivity index is 2.12. The van der Waals surface area contributed by atoms with Gasteiger partial charge in [0, 0.05) is 12.6 Å². The summed E-state index contributed by atoms with van der Waals surface area (Å²) in [4.78, 5) is 12.0. The molecular formula is C16H22N2O2. The van der Waals surface area contributed by atoms with Crippen LogP contribution in [0.4, 0.5) is 0 Å². The first-order chi connectivity index (χ1) is 9.58. The summed E-state index contributed by atoms with van der Waals surface area (Å²) in [5, 5.41) is 14.3. The lowest BCUT2D eigenvalue weighted by molar-refractivity contribution is 0.151. The second-order valence-electron chi connectivity index (χ2n) is 5.55. The van der Waals surface area contributed by atoms with E-state index in [1.807, 2.05) is 30.3 Å². The van der Waals surface area contributed by atoms with E-state index < -0.39 is 6.10 Å². The minimum absolute atomic E-state index is 0.0772. The van der Waals surface area contributed by atoms with E-state index in [2.05, 4.69) is 19.2 Å². The molecular weight excluding hydrogens is 252 g/mol. The molecule has 0 aliphatic rings. The molecule has 0 radical (unpaired) electrons. The molecule has 0 aliphatic carbocycles. The lowest BCUT2D eigenvalue weighted by Gasteiger charge is -2.16. The van der Waals surface area contributed by atoms with Gasteiger partial charge >= 0.3 is 0 Å². The van der Waals surface area contributed by atoms with Crippen LogP contribution in [-0.4, -0.2) is 28.9 Å². The summed E-state index contributed by atoms with van der Waals surface area (Å²) < 4.78 is 1.64. The smallest absolute Gasteiger partial charge is 0.251 e. The van der Waals surface area contributed by atoms with E-state index in [9.17, 15) is 9.90 Å². The normalized spacial score (nSPS) is 13.0. The number of nitrogens with zero attached hydrogens (tertiary/aromatic N) is 1. The molecule has 0 aliphatic heterocycles. The fourth-order valence-electron chi connectivity index (χ4n) is 2.25. The zero-order valence-electron chi connectivity index (χ0n) is 12.0. The van der Waals surface area contributed by atoms with E-state index in [0.717, 1.165) is 17.4 Å². The molecule has 1 aromatic carbocycles. The lowest BCUT2D eigenvalue weighted by atomic mass is 10.2. The van der Waals surface area contributed by atoms with Gasteiger partial charge in [0.2, 0.25) is 0 Å². The summed E-state index contributed by atoms with van der Waals surface area (Å²) in [5.74, 6) is 0.544. The third-order valence-corrected chi connectivity index (χ3v) is 3.22. The zero-order chi connectivity index (χ0) is 14.5. The predicted molar refractivity (Wildman–Crippen MR) is 81.9 cm³/mol. The average molecular weight is 274 g/mol. The molecule has 2 N–H and O–H groups in total. The summed E-state index contributed by atoms with van der Waals surface area (Å²) in [6.45, 7) is 5.91. The predicted octanol–water partition coefficient (Wildman–Crippen LogP) is 1.61. The van der Waals surface area contributed by atoms with Gasteiger partial charge in [-0.25, -0.2) is 0 Å². The fourth-order valence-corrected chi connectivity index (χ4v) is 2.25. The van der Waals surface area contributed by atoms with Gasteiger partial charge in [-0.1, -0.05) is 32.0 Å². The van der Waals surface area contributed by atoms with E-state index in [1.54, 1.807) is 10.6 Å². The van der Waals surface area contributed by atoms with Crippen LogP contribution in [-0.2, 0) is 6.54 Å². The Kier molecular flexibility index (Phi) is 4.93. The maximum absolute atomic E-state index is 12.0. The summed E-state index contributed by atoms with van der Waals surface area (Å²) in [6, 6.07) is 11.1. The molecule has 0 saturated carbocycles. The number of aromatic nitrogens is 1. The van der Waals surface area contributed by atoms with E-state index in [4.69, 9.17) is 0 Å². The van der Waals surface area contributed by atoms with E-state index in [1.165, 1.54) is 0 Å². The number of pyridine rings is 1. The quantitative estimate of drug-likeness (QED) is 0.841. The number of aliphatic hydroxyl groups is 1. The minimum Gasteiger partial charge on any atom is -0.390 e. The number of aliphatic hydroxyl groups excluding tert-OH is 1. The van der Waals surface area contributed by atoms with Crippen LogP contribution in [0.3, 0.4) is 0 Å². The van der Waals surface area contributed by atoms with Gasteiger partial charge in [-0.15, -0.1) is 0 Å². The summed E-state index contributed by atoms with van der Waals surface area (Å²) in [7, 11) is 0. The molecule has 0 amide bonds. The maximum Gasteiger partial charge on any atom is 0.251 e. The largest absolute Gasteiger partial charge is 0.390 e. The van der Waals surface area contributed by atoms with Crippen molar-refractivity contribution >= 4 is 10.9 Å². The molecule has 108 valence electrons. The molecule has 1 atom stereocenters. The second-order valence-corrected chi connectivity index (χ2v) is 5.55. The van der Waals surface area contributed by atoms with E-state index in [-0.39, 0.29) is 5.56 Å². The van der Waals surface area contributed by atoms with Crippen molar-refractivity contribution in [1.29, 1.82) is 0 Å². The van der Waals surface area contributed by atoms with Gasteiger partial charge in [0.25, 0.3) is 5.56 Å². The van der Waals surface area contributed by atoms with Crippen LogP contribution in [0.1, 0.15) is 13.8 Å². The number of hydrogen-bond acceptors (Lipinski definition) is 3. The molecule has 20 heavy (non-hydrogen) atoms. The third kappa shape index (κ3) is 3.68. The highest BCUT2D eigenvalue weighted by atomic mass is 16.3. The maximum atomic E-state index is 12.0. The Morgan fingerprint density at radius 1 is 1.15 bits per heavy atom. The topological polar surface area (TPSA) is 54.3 Å². The van der Waals surface area contributed by atoms with Crippen LogP contribution in [0.25, 0.3) is 10.9 Å². The monoisotopic (exact) mass is 274 g/mol. The third-order valence-electron chi connectivity index (χ3n) is 3.22. The Morgan fingerprint density at radius 3 is 2.65 bits per heavy atom. The van der Waals surface area contributed by atoms with Crippen LogP contribution in [0.2, 0.25) is 0 Å². The molecule has 1 heterocycles. The molecule has 1 aromatic heterocycles. The summed E-state index contributed by atoms with van der Waals surface area (Å²) >= 11 is 0. The van der Waals surface area contributed by atoms with E-state index >= 15 is 0 Å². The molecule has 4 heteroatoms. The van der Waals surface area contributed by atoms with Crippen molar-refractivity contribution < 1.29 is 5.11 Å². The van der Waals surface area contributed by atoms with Crippen molar-refractivity contribution in [2.24, 2.45) is 5.92 Å². The number of nitrogens with one attached hydrogen (secondary N) is 1. The number of fused-ring (bicyclic) bond motifs is 1. The highest BCUT2D eigenvalue weighted by Crippen LogP contribution is 2.11. The summed E-state index contributed by atoms with van der Waals surface area (Å²) in [6.07, 6.45) is -0.572. The second kappa shape index (κ2) is 6.68. The van der Waals surface area contributed by atoms with Gasteiger partial charge in [0.05, 0.1) is 18.2 Å². The Bertz CT molecular complexity index is 619. The molecule has 0 fully saturated rings. The Morgan fingerprint density at radius 2 is 1.90 bits per heavy atom. The van der Waals surface area contributed by atoms with Crippen LogP contribution in [0.5, 0.6) is 0 Å². The van der Waals surface area contributed by atoms with Crippen LogP contribution >= 0.6 is 0 Å². The van der Waals surface area contributed by atoms with Crippen molar-refractivity contribution in [3.63, 3.8) is 0 Å². The molecule has 0 spiro atoms.